The zero-order valence-electron chi connectivity index (χ0n) is 14.9. The molecule has 0 unspecified atom stereocenters. The summed E-state index contributed by atoms with van der Waals surface area (Å²) >= 11 is 12.0. The van der Waals surface area contributed by atoms with Crippen molar-refractivity contribution in [2.75, 3.05) is 5.32 Å². The molecule has 1 amide bonds. The fourth-order valence-corrected chi connectivity index (χ4v) is 3.14. The van der Waals surface area contributed by atoms with Crippen molar-refractivity contribution in [1.82, 2.24) is 4.57 Å². The summed E-state index contributed by atoms with van der Waals surface area (Å²) in [7, 11) is 0. The van der Waals surface area contributed by atoms with Gasteiger partial charge in [-0.3, -0.25) is 9.59 Å². The van der Waals surface area contributed by atoms with Gasteiger partial charge in [0.15, 0.2) is 0 Å². The van der Waals surface area contributed by atoms with Crippen LogP contribution in [0.15, 0.2) is 59.5 Å². The molecule has 0 aliphatic rings. The molecule has 1 aromatic heterocycles. The van der Waals surface area contributed by atoms with Crippen molar-refractivity contribution in [3.63, 3.8) is 0 Å². The maximum atomic E-state index is 12.7. The molecule has 3 aromatic rings. The van der Waals surface area contributed by atoms with Gasteiger partial charge in [0, 0.05) is 18.0 Å². The number of nitrogens with zero attached hydrogens (tertiary/aromatic N) is 1. The van der Waals surface area contributed by atoms with E-state index in [1.807, 2.05) is 32.0 Å². The number of para-hydroxylation sites is 1. The van der Waals surface area contributed by atoms with E-state index in [1.165, 1.54) is 16.7 Å². The lowest BCUT2D eigenvalue weighted by atomic mass is 10.1. The van der Waals surface area contributed by atoms with Crippen LogP contribution in [0.2, 0.25) is 10.0 Å². The molecule has 1 heterocycles. The number of aryl methyl sites for hydroxylation is 2. The van der Waals surface area contributed by atoms with Gasteiger partial charge in [0.05, 0.1) is 22.2 Å². The number of nitrogens with one attached hydrogen (secondary N) is 1. The summed E-state index contributed by atoms with van der Waals surface area (Å²) in [6.07, 6.45) is 1.55. The van der Waals surface area contributed by atoms with Crippen LogP contribution in [0, 0.1) is 13.8 Å². The average Bonchev–Trinajstić information content (AvgIpc) is 2.63. The fraction of sp³-hybridized carbons (Fsp3) is 0.143. The van der Waals surface area contributed by atoms with Crippen molar-refractivity contribution in [3.05, 3.63) is 97.4 Å². The highest BCUT2D eigenvalue weighted by atomic mass is 35.5. The first-order valence-electron chi connectivity index (χ1n) is 8.37. The Hall–Kier alpha value is -2.56. The van der Waals surface area contributed by atoms with Gasteiger partial charge >= 0.3 is 0 Å². The maximum Gasteiger partial charge on any atom is 0.257 e. The number of carbonyl (C=O) groups is 1. The molecule has 138 valence electrons. The van der Waals surface area contributed by atoms with Gasteiger partial charge in [0.25, 0.3) is 11.5 Å². The smallest absolute Gasteiger partial charge is 0.257 e. The molecule has 0 atom stereocenters. The topological polar surface area (TPSA) is 51.1 Å². The van der Waals surface area contributed by atoms with Crippen molar-refractivity contribution >= 4 is 34.8 Å². The van der Waals surface area contributed by atoms with E-state index in [2.05, 4.69) is 5.32 Å². The van der Waals surface area contributed by atoms with Crippen LogP contribution in [0.4, 0.5) is 5.69 Å². The number of halogens is 2. The van der Waals surface area contributed by atoms with E-state index in [4.69, 9.17) is 23.2 Å². The first-order chi connectivity index (χ1) is 12.8. The number of amides is 1. The molecule has 0 spiro atoms. The molecule has 0 aliphatic heterocycles. The molecule has 27 heavy (non-hydrogen) atoms. The summed E-state index contributed by atoms with van der Waals surface area (Å²) in [5, 5.41) is 3.80. The SMILES string of the molecule is Cc1cccc(C)c1NC(=O)c1ccc(=O)n(Cc2ccc(Cl)c(Cl)c2)c1. The number of hydrogen-bond donors (Lipinski definition) is 1. The van der Waals surface area contributed by atoms with Crippen LogP contribution in [-0.4, -0.2) is 10.5 Å². The van der Waals surface area contributed by atoms with Crippen LogP contribution >= 0.6 is 23.2 Å². The van der Waals surface area contributed by atoms with Gasteiger partial charge < -0.3 is 9.88 Å². The van der Waals surface area contributed by atoms with Crippen molar-refractivity contribution in [3.8, 4) is 0 Å². The maximum absolute atomic E-state index is 12.7. The zero-order chi connectivity index (χ0) is 19.6. The molecule has 0 aliphatic carbocycles. The lowest BCUT2D eigenvalue weighted by Crippen LogP contribution is -2.23. The molecule has 0 fully saturated rings. The largest absolute Gasteiger partial charge is 0.321 e. The van der Waals surface area contributed by atoms with Crippen LogP contribution in [0.3, 0.4) is 0 Å². The summed E-state index contributed by atoms with van der Waals surface area (Å²) in [4.78, 5) is 24.9. The van der Waals surface area contributed by atoms with E-state index in [1.54, 1.807) is 24.4 Å². The second kappa shape index (κ2) is 7.99. The van der Waals surface area contributed by atoms with Crippen LogP contribution in [0.25, 0.3) is 0 Å². The van der Waals surface area contributed by atoms with Crippen molar-refractivity contribution in [1.29, 1.82) is 0 Å². The molecule has 1 N–H and O–H groups in total. The molecular formula is C21H18Cl2N2O2. The highest BCUT2D eigenvalue weighted by Gasteiger charge is 2.11. The summed E-state index contributed by atoms with van der Waals surface area (Å²) in [6.45, 7) is 4.17. The molecular weight excluding hydrogens is 383 g/mol. The Morgan fingerprint density at radius 3 is 2.37 bits per heavy atom. The number of benzene rings is 2. The molecule has 2 aromatic carbocycles. The predicted octanol–water partition coefficient (Wildman–Crippen LogP) is 5.07. The molecule has 4 nitrogen and oxygen atoms in total. The van der Waals surface area contributed by atoms with Crippen LogP contribution in [0.5, 0.6) is 0 Å². The molecule has 0 radical (unpaired) electrons. The van der Waals surface area contributed by atoms with Gasteiger partial charge in [-0.2, -0.15) is 0 Å². The minimum Gasteiger partial charge on any atom is -0.321 e. The van der Waals surface area contributed by atoms with Gasteiger partial charge in [-0.25, -0.2) is 0 Å². The van der Waals surface area contributed by atoms with Crippen LogP contribution in [-0.2, 0) is 6.54 Å². The van der Waals surface area contributed by atoms with Crippen molar-refractivity contribution < 1.29 is 4.79 Å². The monoisotopic (exact) mass is 400 g/mol. The van der Waals surface area contributed by atoms with Crippen LogP contribution < -0.4 is 10.9 Å². The number of pyridine rings is 1. The second-order valence-electron chi connectivity index (χ2n) is 6.35. The Bertz CT molecular complexity index is 1050. The third kappa shape index (κ3) is 4.41. The lowest BCUT2D eigenvalue weighted by Gasteiger charge is -2.13. The zero-order valence-corrected chi connectivity index (χ0v) is 16.4. The van der Waals surface area contributed by atoms with E-state index < -0.39 is 0 Å². The Labute approximate surface area is 167 Å². The Kier molecular flexibility index (Phi) is 5.68. The van der Waals surface area contributed by atoms with E-state index in [-0.39, 0.29) is 11.5 Å². The lowest BCUT2D eigenvalue weighted by molar-refractivity contribution is 0.102. The number of anilines is 1. The van der Waals surface area contributed by atoms with Gasteiger partial charge in [-0.15, -0.1) is 0 Å². The molecule has 6 heteroatoms. The minimum atomic E-state index is -0.268. The first kappa shape index (κ1) is 19.2. The highest BCUT2D eigenvalue weighted by molar-refractivity contribution is 6.42. The summed E-state index contributed by atoms with van der Waals surface area (Å²) in [5.41, 5.74) is 3.76. The van der Waals surface area contributed by atoms with Crippen LogP contribution in [0.1, 0.15) is 27.0 Å². The number of hydrogen-bond acceptors (Lipinski definition) is 2. The summed E-state index contributed by atoms with van der Waals surface area (Å²) in [5.74, 6) is -0.268. The third-order valence-corrected chi connectivity index (χ3v) is 5.04. The average molecular weight is 401 g/mol. The standard InChI is InChI=1S/C21H18Cl2N2O2/c1-13-4-3-5-14(2)20(13)24-21(27)16-7-9-19(26)25(12-16)11-15-6-8-17(22)18(23)10-15/h3-10,12H,11H2,1-2H3,(H,24,27). The summed E-state index contributed by atoms with van der Waals surface area (Å²) < 4.78 is 1.47. The van der Waals surface area contributed by atoms with Gasteiger partial charge in [0.2, 0.25) is 0 Å². The number of rotatable bonds is 4. The molecule has 0 saturated carbocycles. The van der Waals surface area contributed by atoms with Gasteiger partial charge in [-0.05, 0) is 48.7 Å². The van der Waals surface area contributed by atoms with Gasteiger partial charge in [0.1, 0.15) is 0 Å². The molecule has 3 rings (SSSR count). The second-order valence-corrected chi connectivity index (χ2v) is 7.17. The highest BCUT2D eigenvalue weighted by Crippen LogP contribution is 2.23. The van der Waals surface area contributed by atoms with Crippen molar-refractivity contribution in [2.45, 2.75) is 20.4 Å². The molecule has 0 bridgehead atoms. The number of carbonyl (C=O) groups excluding carboxylic acids is 1. The third-order valence-electron chi connectivity index (χ3n) is 4.30. The Balaban J connectivity index is 1.87. The quantitative estimate of drug-likeness (QED) is 0.664. The molecule has 0 saturated heterocycles. The number of aromatic nitrogens is 1. The Morgan fingerprint density at radius 1 is 1.00 bits per heavy atom. The summed E-state index contributed by atoms with van der Waals surface area (Å²) in [6, 6.07) is 13.9. The predicted molar refractivity (Wildman–Crippen MR) is 110 cm³/mol. The van der Waals surface area contributed by atoms with E-state index in [0.717, 1.165) is 22.4 Å². The first-order valence-corrected chi connectivity index (χ1v) is 9.13. The normalized spacial score (nSPS) is 10.7. The minimum absolute atomic E-state index is 0.204. The van der Waals surface area contributed by atoms with E-state index in [9.17, 15) is 9.59 Å². The van der Waals surface area contributed by atoms with E-state index >= 15 is 0 Å². The fourth-order valence-electron chi connectivity index (χ4n) is 2.82. The van der Waals surface area contributed by atoms with E-state index in [0.29, 0.717) is 22.2 Å². The van der Waals surface area contributed by atoms with Crippen molar-refractivity contribution in [2.24, 2.45) is 0 Å². The Morgan fingerprint density at radius 2 is 1.70 bits per heavy atom. The van der Waals surface area contributed by atoms with Gasteiger partial charge in [-0.1, -0.05) is 47.5 Å².